The summed E-state index contributed by atoms with van der Waals surface area (Å²) in [4.78, 5) is 12.3. The number of rotatable bonds is 10. The molecule has 0 fully saturated rings. The Hall–Kier alpha value is -1.67. The monoisotopic (exact) mass is 307 g/mol. The van der Waals surface area contributed by atoms with E-state index in [0.29, 0.717) is 18.8 Å². The van der Waals surface area contributed by atoms with Crippen molar-refractivity contribution in [3.63, 3.8) is 0 Å². The zero-order valence-electron chi connectivity index (χ0n) is 12.1. The number of benzene rings is 1. The number of nitriles is 1. The number of hydrogen-bond donors (Lipinski definition) is 0. The smallest absolute Gasteiger partial charge is 0.306 e. The summed E-state index contributed by atoms with van der Waals surface area (Å²) in [6.07, 6.45) is 4.44. The second-order valence-electron chi connectivity index (χ2n) is 4.66. The van der Waals surface area contributed by atoms with Gasteiger partial charge in [-0.25, -0.2) is 0 Å². The fourth-order valence-corrected chi connectivity index (χ4v) is 2.83. The molecule has 0 aromatic heterocycles. The van der Waals surface area contributed by atoms with Crippen LogP contribution in [-0.2, 0) is 20.3 Å². The first-order valence-corrected chi connectivity index (χ1v) is 8.52. The highest BCUT2D eigenvalue weighted by Gasteiger charge is 2.08. The maximum absolute atomic E-state index is 11.9. The average Bonchev–Trinajstić information content (AvgIpc) is 2.52. The molecule has 0 N–H and O–H groups in total. The summed E-state index contributed by atoms with van der Waals surface area (Å²) in [6.45, 7) is 0.406. The van der Waals surface area contributed by atoms with Gasteiger partial charge in [0.2, 0.25) is 0 Å². The van der Waals surface area contributed by atoms with Crippen LogP contribution in [-0.4, -0.2) is 22.5 Å². The molecule has 0 amide bonds. The molecular weight excluding hydrogens is 286 g/mol. The van der Waals surface area contributed by atoms with Crippen molar-refractivity contribution in [3.05, 3.63) is 30.3 Å². The first kappa shape index (κ1) is 17.4. The van der Waals surface area contributed by atoms with Crippen molar-refractivity contribution in [2.24, 2.45) is 0 Å². The summed E-state index contributed by atoms with van der Waals surface area (Å²) >= 11 is 0. The Morgan fingerprint density at radius 1 is 1.14 bits per heavy atom. The third-order valence-corrected chi connectivity index (χ3v) is 4.32. The topological polar surface area (TPSA) is 67.2 Å². The standard InChI is InChI=1S/C16H21NO3S/c17-12-7-2-1-3-8-13-20-16(18)11-14-21(19)15-9-5-4-6-10-15/h4-6,9-10H,1-3,7-8,11,13-14H2. The molecule has 1 rings (SSSR count). The Kier molecular flexibility index (Phi) is 9.14. The number of unbranched alkanes of at least 4 members (excludes halogenated alkanes) is 4. The molecule has 1 unspecified atom stereocenters. The second-order valence-corrected chi connectivity index (χ2v) is 6.23. The highest BCUT2D eigenvalue weighted by molar-refractivity contribution is 7.85. The maximum atomic E-state index is 11.9. The second kappa shape index (κ2) is 11.0. The quantitative estimate of drug-likeness (QED) is 0.492. The van der Waals surface area contributed by atoms with Crippen molar-refractivity contribution in [1.82, 2.24) is 0 Å². The van der Waals surface area contributed by atoms with E-state index >= 15 is 0 Å². The van der Waals surface area contributed by atoms with Crippen LogP contribution in [0.2, 0.25) is 0 Å². The lowest BCUT2D eigenvalue weighted by atomic mass is 10.2. The highest BCUT2D eigenvalue weighted by atomic mass is 32.2. The minimum atomic E-state index is -1.15. The van der Waals surface area contributed by atoms with Gasteiger partial charge in [0.1, 0.15) is 0 Å². The van der Waals surface area contributed by atoms with Crippen LogP contribution in [0.25, 0.3) is 0 Å². The van der Waals surface area contributed by atoms with Crippen LogP contribution in [0.15, 0.2) is 35.2 Å². The Morgan fingerprint density at radius 3 is 2.57 bits per heavy atom. The highest BCUT2D eigenvalue weighted by Crippen LogP contribution is 2.07. The van der Waals surface area contributed by atoms with Crippen LogP contribution < -0.4 is 0 Å². The molecule has 0 aliphatic heterocycles. The number of carbonyl (C=O) groups excluding carboxylic acids is 1. The Labute approximate surface area is 128 Å². The van der Waals surface area contributed by atoms with Gasteiger partial charge >= 0.3 is 5.97 Å². The largest absolute Gasteiger partial charge is 0.466 e. The van der Waals surface area contributed by atoms with Crippen LogP contribution >= 0.6 is 0 Å². The predicted molar refractivity (Wildman–Crippen MR) is 82.0 cm³/mol. The van der Waals surface area contributed by atoms with Crippen molar-refractivity contribution in [2.45, 2.75) is 43.4 Å². The van der Waals surface area contributed by atoms with Gasteiger partial charge in [0.15, 0.2) is 0 Å². The summed E-state index contributed by atoms with van der Waals surface area (Å²) < 4.78 is 17.0. The van der Waals surface area contributed by atoms with Gasteiger partial charge in [0, 0.05) is 17.1 Å². The van der Waals surface area contributed by atoms with Gasteiger partial charge < -0.3 is 4.74 Å². The maximum Gasteiger partial charge on any atom is 0.306 e. The van der Waals surface area contributed by atoms with Crippen LogP contribution in [0.1, 0.15) is 38.5 Å². The third kappa shape index (κ3) is 8.26. The molecule has 1 aromatic rings. The van der Waals surface area contributed by atoms with E-state index < -0.39 is 10.8 Å². The molecule has 5 heteroatoms. The normalized spacial score (nSPS) is 11.6. The van der Waals surface area contributed by atoms with Gasteiger partial charge in [0.25, 0.3) is 0 Å². The van der Waals surface area contributed by atoms with Crippen molar-refractivity contribution in [2.75, 3.05) is 12.4 Å². The van der Waals surface area contributed by atoms with Crippen LogP contribution in [0.5, 0.6) is 0 Å². The van der Waals surface area contributed by atoms with E-state index in [1.807, 2.05) is 18.2 Å². The van der Waals surface area contributed by atoms with E-state index in [4.69, 9.17) is 10.00 Å². The van der Waals surface area contributed by atoms with E-state index in [1.165, 1.54) is 0 Å². The van der Waals surface area contributed by atoms with Gasteiger partial charge in [-0.15, -0.1) is 0 Å². The number of carbonyl (C=O) groups is 1. The summed E-state index contributed by atoms with van der Waals surface area (Å²) in [6, 6.07) is 11.2. The zero-order valence-corrected chi connectivity index (χ0v) is 12.9. The predicted octanol–water partition coefficient (Wildman–Crippen LogP) is 3.20. The molecule has 1 atom stereocenters. The lowest BCUT2D eigenvalue weighted by Crippen LogP contribution is -2.10. The molecule has 0 radical (unpaired) electrons. The molecule has 0 spiro atoms. The minimum Gasteiger partial charge on any atom is -0.466 e. The van der Waals surface area contributed by atoms with Crippen molar-refractivity contribution in [3.8, 4) is 6.07 Å². The molecule has 21 heavy (non-hydrogen) atoms. The summed E-state index contributed by atoms with van der Waals surface area (Å²) in [7, 11) is -1.15. The molecule has 0 saturated heterocycles. The van der Waals surface area contributed by atoms with Gasteiger partial charge in [-0.2, -0.15) is 5.26 Å². The number of nitrogens with zero attached hydrogens (tertiary/aromatic N) is 1. The van der Waals surface area contributed by atoms with Crippen LogP contribution in [0.4, 0.5) is 0 Å². The van der Waals surface area contributed by atoms with E-state index in [2.05, 4.69) is 6.07 Å². The molecular formula is C16H21NO3S. The zero-order chi connectivity index (χ0) is 15.3. The fourth-order valence-electron chi connectivity index (χ4n) is 1.78. The van der Waals surface area contributed by atoms with E-state index in [9.17, 15) is 9.00 Å². The molecule has 114 valence electrons. The molecule has 0 saturated carbocycles. The third-order valence-electron chi connectivity index (χ3n) is 2.94. The lowest BCUT2D eigenvalue weighted by Gasteiger charge is -2.05. The SMILES string of the molecule is N#CCCCCCCOC(=O)CCS(=O)c1ccccc1. The molecule has 0 aliphatic rings. The average molecular weight is 307 g/mol. The number of ether oxygens (including phenoxy) is 1. The van der Waals surface area contributed by atoms with Crippen LogP contribution in [0.3, 0.4) is 0 Å². The van der Waals surface area contributed by atoms with Gasteiger partial charge in [-0.1, -0.05) is 31.0 Å². The molecule has 0 aliphatic carbocycles. The van der Waals surface area contributed by atoms with Gasteiger partial charge in [-0.05, 0) is 25.0 Å². The number of esters is 1. The molecule has 0 bridgehead atoms. The fraction of sp³-hybridized carbons (Fsp3) is 0.500. The van der Waals surface area contributed by atoms with Crippen molar-refractivity contribution >= 4 is 16.8 Å². The van der Waals surface area contributed by atoms with Crippen molar-refractivity contribution < 1.29 is 13.7 Å². The first-order chi connectivity index (χ1) is 10.2. The van der Waals surface area contributed by atoms with Gasteiger partial charge in [-0.3, -0.25) is 9.00 Å². The molecule has 0 heterocycles. The first-order valence-electron chi connectivity index (χ1n) is 7.20. The Morgan fingerprint density at radius 2 is 1.86 bits per heavy atom. The minimum absolute atomic E-state index is 0.177. The summed E-state index contributed by atoms with van der Waals surface area (Å²) in [5.74, 6) is 0.00156. The van der Waals surface area contributed by atoms with Crippen LogP contribution in [0, 0.1) is 11.3 Å². The Balaban J connectivity index is 2.06. The molecule has 1 aromatic carbocycles. The Bertz CT molecular complexity index is 482. The van der Waals surface area contributed by atoms with E-state index in [0.717, 1.165) is 30.6 Å². The number of hydrogen-bond acceptors (Lipinski definition) is 4. The van der Waals surface area contributed by atoms with Gasteiger partial charge in [0.05, 0.1) is 29.9 Å². The molecule has 4 nitrogen and oxygen atoms in total. The van der Waals surface area contributed by atoms with E-state index in [-0.39, 0.29) is 12.4 Å². The summed E-state index contributed by atoms with van der Waals surface area (Å²) in [5.41, 5.74) is 0. The lowest BCUT2D eigenvalue weighted by molar-refractivity contribution is -0.143. The summed E-state index contributed by atoms with van der Waals surface area (Å²) in [5, 5.41) is 8.38. The van der Waals surface area contributed by atoms with Crippen molar-refractivity contribution in [1.29, 1.82) is 5.26 Å². The van der Waals surface area contributed by atoms with E-state index in [1.54, 1.807) is 12.1 Å².